The summed E-state index contributed by atoms with van der Waals surface area (Å²) in [5, 5.41) is 6.24. The largest absolute Gasteiger partial charge is 0.422 e. The topological polar surface area (TPSA) is 67.9 Å². The van der Waals surface area contributed by atoms with Crippen molar-refractivity contribution in [3.63, 3.8) is 0 Å². The summed E-state index contributed by atoms with van der Waals surface area (Å²) >= 11 is 0. The molecule has 1 N–H and O–H groups in total. The van der Waals surface area contributed by atoms with Crippen molar-refractivity contribution in [3.8, 4) is 5.75 Å². The van der Waals surface area contributed by atoms with Crippen LogP contribution in [0, 0.1) is 0 Å². The highest BCUT2D eigenvalue weighted by atomic mass is 19.3. The fraction of sp³-hybridized carbons (Fsp3) is 0.154. The molecule has 0 radical (unpaired) electrons. The maximum atomic E-state index is 12.7. The number of hydrogen-bond acceptors (Lipinski definition) is 4. The Morgan fingerprint density at radius 2 is 1.91 bits per heavy atom. The van der Waals surface area contributed by atoms with Gasteiger partial charge in [-0.1, -0.05) is 18.2 Å². The minimum Gasteiger partial charge on any atom is -0.422 e. The summed E-state index contributed by atoms with van der Waals surface area (Å²) in [7, 11) is 0. The molecule has 22 heavy (non-hydrogen) atoms. The predicted molar refractivity (Wildman–Crippen MR) is 68.3 cm³/mol. The number of halogens is 4. The first-order valence-electron chi connectivity index (χ1n) is 5.91. The van der Waals surface area contributed by atoms with E-state index < -0.39 is 18.3 Å². The first kappa shape index (κ1) is 15.7. The smallest absolute Gasteiger partial charge is 0.402 e. The van der Waals surface area contributed by atoms with Crippen molar-refractivity contribution >= 4 is 18.1 Å². The zero-order chi connectivity index (χ0) is 16.2. The van der Waals surface area contributed by atoms with E-state index in [1.54, 1.807) is 12.2 Å². The van der Waals surface area contributed by atoms with Crippen LogP contribution in [0.5, 0.6) is 5.75 Å². The van der Waals surface area contributed by atoms with Gasteiger partial charge >= 0.3 is 18.3 Å². The standard InChI is InChI=1S/C13H9F4N3O2/c14-11(15)13(16,17)12(21)22-9-4-1-8(2-5-9)3-6-10-18-7-19-20-10/h1-7,11H,(H,18,19,20)/b6-3-. The number of rotatable bonds is 5. The van der Waals surface area contributed by atoms with Gasteiger partial charge in [0.2, 0.25) is 0 Å². The van der Waals surface area contributed by atoms with Crippen LogP contribution in [-0.2, 0) is 4.79 Å². The van der Waals surface area contributed by atoms with Crippen molar-refractivity contribution in [1.29, 1.82) is 0 Å². The summed E-state index contributed by atoms with van der Waals surface area (Å²) in [6.07, 6.45) is 0.452. The van der Waals surface area contributed by atoms with Crippen molar-refractivity contribution in [2.45, 2.75) is 12.3 Å². The van der Waals surface area contributed by atoms with Gasteiger partial charge in [-0.05, 0) is 23.8 Å². The van der Waals surface area contributed by atoms with Crippen molar-refractivity contribution in [2.75, 3.05) is 0 Å². The minimum atomic E-state index is -4.84. The molecule has 0 saturated heterocycles. The van der Waals surface area contributed by atoms with Gasteiger partial charge in [0.15, 0.2) is 0 Å². The van der Waals surface area contributed by atoms with E-state index in [2.05, 4.69) is 19.9 Å². The minimum absolute atomic E-state index is 0.262. The van der Waals surface area contributed by atoms with E-state index in [4.69, 9.17) is 0 Å². The Hall–Kier alpha value is -2.71. The summed E-state index contributed by atoms with van der Waals surface area (Å²) < 4.78 is 53.7. The summed E-state index contributed by atoms with van der Waals surface area (Å²) in [5.74, 6) is -6.90. The van der Waals surface area contributed by atoms with Gasteiger partial charge in [-0.15, -0.1) is 0 Å². The second-order valence-electron chi connectivity index (χ2n) is 4.09. The molecule has 116 valence electrons. The number of alkyl halides is 4. The molecule has 0 bridgehead atoms. The van der Waals surface area contributed by atoms with Crippen LogP contribution in [0.15, 0.2) is 30.6 Å². The number of nitrogens with zero attached hydrogens (tertiary/aromatic N) is 2. The Morgan fingerprint density at radius 1 is 1.23 bits per heavy atom. The molecule has 0 aliphatic heterocycles. The van der Waals surface area contributed by atoms with Gasteiger partial charge in [-0.25, -0.2) is 18.6 Å². The van der Waals surface area contributed by atoms with Crippen LogP contribution < -0.4 is 4.74 Å². The Labute approximate surface area is 121 Å². The van der Waals surface area contributed by atoms with Crippen LogP contribution in [0.3, 0.4) is 0 Å². The van der Waals surface area contributed by atoms with E-state index in [1.165, 1.54) is 30.6 Å². The average Bonchev–Trinajstić information content (AvgIpc) is 2.99. The number of aromatic amines is 1. The van der Waals surface area contributed by atoms with E-state index in [9.17, 15) is 22.4 Å². The predicted octanol–water partition coefficient (Wildman–Crippen LogP) is 2.78. The summed E-state index contributed by atoms with van der Waals surface area (Å²) in [4.78, 5) is 14.8. The van der Waals surface area contributed by atoms with Gasteiger partial charge in [-0.2, -0.15) is 13.9 Å². The fourth-order valence-corrected chi connectivity index (χ4v) is 1.38. The van der Waals surface area contributed by atoms with Gasteiger partial charge in [-0.3, -0.25) is 5.10 Å². The highest BCUT2D eigenvalue weighted by Gasteiger charge is 2.51. The van der Waals surface area contributed by atoms with Crippen molar-refractivity contribution < 1.29 is 27.1 Å². The second kappa shape index (κ2) is 6.37. The van der Waals surface area contributed by atoms with Gasteiger partial charge in [0, 0.05) is 0 Å². The van der Waals surface area contributed by atoms with Crippen LogP contribution >= 0.6 is 0 Å². The van der Waals surface area contributed by atoms with Gasteiger partial charge in [0.25, 0.3) is 0 Å². The first-order valence-corrected chi connectivity index (χ1v) is 5.91. The molecule has 0 fully saturated rings. The molecule has 0 amide bonds. The second-order valence-corrected chi connectivity index (χ2v) is 4.09. The number of carbonyl (C=O) groups is 1. The first-order chi connectivity index (χ1) is 10.4. The molecule has 0 spiro atoms. The monoisotopic (exact) mass is 315 g/mol. The Balaban J connectivity index is 2.02. The zero-order valence-electron chi connectivity index (χ0n) is 10.8. The maximum absolute atomic E-state index is 12.7. The molecular formula is C13H9F4N3O2. The highest BCUT2D eigenvalue weighted by Crippen LogP contribution is 2.25. The molecule has 2 aromatic rings. The van der Waals surface area contributed by atoms with Gasteiger partial charge in [0.1, 0.15) is 17.9 Å². The summed E-state index contributed by atoms with van der Waals surface area (Å²) in [6.45, 7) is 0. The third-order valence-corrected chi connectivity index (χ3v) is 2.50. The highest BCUT2D eigenvalue weighted by molar-refractivity contribution is 5.80. The third kappa shape index (κ3) is 3.68. The molecule has 9 heteroatoms. The number of carbonyl (C=O) groups excluding carboxylic acids is 1. The molecule has 0 aliphatic rings. The molecule has 1 aromatic carbocycles. The third-order valence-electron chi connectivity index (χ3n) is 2.50. The lowest BCUT2D eigenvalue weighted by Crippen LogP contribution is -2.39. The van der Waals surface area contributed by atoms with Crippen LogP contribution in [0.1, 0.15) is 11.4 Å². The van der Waals surface area contributed by atoms with E-state index in [-0.39, 0.29) is 5.75 Å². The lowest BCUT2D eigenvalue weighted by Gasteiger charge is -2.13. The van der Waals surface area contributed by atoms with Crippen LogP contribution in [-0.4, -0.2) is 33.5 Å². The van der Waals surface area contributed by atoms with Gasteiger partial charge in [0.05, 0.1) is 0 Å². The summed E-state index contributed by atoms with van der Waals surface area (Å²) in [6, 6.07) is 5.32. The Bertz CT molecular complexity index is 654. The SMILES string of the molecule is O=C(Oc1ccc(/C=C\c2ncn[nH]2)cc1)C(F)(F)C(F)F. The average molecular weight is 315 g/mol. The molecule has 0 atom stereocenters. The molecule has 0 saturated carbocycles. The van der Waals surface area contributed by atoms with Crippen molar-refractivity contribution in [2.24, 2.45) is 0 Å². The lowest BCUT2D eigenvalue weighted by atomic mass is 10.2. The molecule has 1 heterocycles. The van der Waals surface area contributed by atoms with Crippen LogP contribution in [0.25, 0.3) is 12.2 Å². The van der Waals surface area contributed by atoms with E-state index in [1.807, 2.05) is 0 Å². The summed E-state index contributed by atoms with van der Waals surface area (Å²) in [5.41, 5.74) is 0.650. The maximum Gasteiger partial charge on any atom is 0.402 e. The van der Waals surface area contributed by atoms with E-state index in [0.29, 0.717) is 11.4 Å². The molecule has 2 rings (SSSR count). The number of hydrogen-bond donors (Lipinski definition) is 1. The number of H-pyrrole nitrogens is 1. The fourth-order valence-electron chi connectivity index (χ4n) is 1.38. The van der Waals surface area contributed by atoms with E-state index >= 15 is 0 Å². The lowest BCUT2D eigenvalue weighted by molar-refractivity contribution is -0.184. The van der Waals surface area contributed by atoms with Crippen LogP contribution in [0.2, 0.25) is 0 Å². The number of nitrogens with one attached hydrogen (secondary N) is 1. The van der Waals surface area contributed by atoms with Crippen molar-refractivity contribution in [3.05, 3.63) is 42.0 Å². The molecule has 5 nitrogen and oxygen atoms in total. The number of esters is 1. The molecule has 0 aliphatic carbocycles. The zero-order valence-corrected chi connectivity index (χ0v) is 10.8. The Kier molecular flexibility index (Phi) is 4.54. The molecule has 1 aromatic heterocycles. The molecular weight excluding hydrogens is 306 g/mol. The normalized spacial score (nSPS) is 12.0. The quantitative estimate of drug-likeness (QED) is 0.523. The van der Waals surface area contributed by atoms with Crippen LogP contribution in [0.4, 0.5) is 17.6 Å². The Morgan fingerprint density at radius 3 is 2.45 bits per heavy atom. The van der Waals surface area contributed by atoms with Crippen molar-refractivity contribution in [1.82, 2.24) is 15.2 Å². The van der Waals surface area contributed by atoms with E-state index in [0.717, 1.165) is 0 Å². The molecule has 0 unspecified atom stereocenters. The number of benzene rings is 1. The number of ether oxygens (including phenoxy) is 1. The van der Waals surface area contributed by atoms with Gasteiger partial charge < -0.3 is 4.74 Å². The number of aromatic nitrogens is 3.